The molecule has 1 unspecified atom stereocenters. The van der Waals surface area contributed by atoms with Gasteiger partial charge in [-0.05, 0) is 37.2 Å². The smallest absolute Gasteiger partial charge is 0.277 e. The molecule has 128 valence electrons. The third-order valence-electron chi connectivity index (χ3n) is 4.87. The van der Waals surface area contributed by atoms with Gasteiger partial charge in [-0.15, -0.1) is 0 Å². The number of carbonyl (C=O) groups excluding carboxylic acids is 1. The largest absolute Gasteiger partial charge is 0.348 e. The topological polar surface area (TPSA) is 101 Å². The Morgan fingerprint density at radius 2 is 2.00 bits per heavy atom. The van der Waals surface area contributed by atoms with Crippen LogP contribution in [-0.2, 0) is 12.8 Å². The van der Waals surface area contributed by atoms with Crippen LogP contribution < -0.4 is 16.6 Å². The molecule has 2 rings (SSSR count). The van der Waals surface area contributed by atoms with Crippen molar-refractivity contribution in [3.8, 4) is 0 Å². The fourth-order valence-electron chi connectivity index (χ4n) is 3.58. The van der Waals surface area contributed by atoms with Crippen LogP contribution in [0, 0.1) is 5.92 Å². The van der Waals surface area contributed by atoms with Crippen LogP contribution in [0.25, 0.3) is 0 Å². The van der Waals surface area contributed by atoms with Crippen LogP contribution in [-0.4, -0.2) is 28.7 Å². The van der Waals surface area contributed by atoms with Crippen LogP contribution in [0.4, 0.5) is 0 Å². The maximum absolute atomic E-state index is 12.7. The molecule has 1 aliphatic carbocycles. The second-order valence-corrected chi connectivity index (χ2v) is 6.27. The number of nitrogens with one attached hydrogen (secondary N) is 2. The van der Waals surface area contributed by atoms with Crippen molar-refractivity contribution in [3.63, 3.8) is 0 Å². The molecule has 1 heterocycles. The second kappa shape index (κ2) is 8.24. The van der Waals surface area contributed by atoms with Crippen LogP contribution in [0.3, 0.4) is 0 Å². The summed E-state index contributed by atoms with van der Waals surface area (Å²) >= 11 is 0. The minimum absolute atomic E-state index is 0.0647. The van der Waals surface area contributed by atoms with E-state index >= 15 is 0 Å². The zero-order valence-corrected chi connectivity index (χ0v) is 14.2. The molecule has 6 nitrogen and oxygen atoms in total. The van der Waals surface area contributed by atoms with Crippen molar-refractivity contribution in [3.05, 3.63) is 27.2 Å². The number of aromatic amines is 1. The number of nitrogens with two attached hydrogens (primary N) is 1. The van der Waals surface area contributed by atoms with E-state index in [2.05, 4.69) is 15.5 Å². The van der Waals surface area contributed by atoms with Crippen LogP contribution in [0.1, 0.15) is 67.6 Å². The Kier molecular flexibility index (Phi) is 6.33. The van der Waals surface area contributed by atoms with E-state index in [1.54, 1.807) is 0 Å². The highest BCUT2D eigenvalue weighted by atomic mass is 16.2. The van der Waals surface area contributed by atoms with Gasteiger partial charge in [0.2, 0.25) is 0 Å². The predicted octanol–water partition coefficient (Wildman–Crippen LogP) is 1.53. The molecule has 1 atom stereocenters. The number of aromatic nitrogens is 2. The molecule has 1 fully saturated rings. The van der Waals surface area contributed by atoms with E-state index in [4.69, 9.17) is 5.73 Å². The summed E-state index contributed by atoms with van der Waals surface area (Å²) in [5.41, 5.74) is 7.18. The number of aryl methyl sites for hydroxylation is 1. The van der Waals surface area contributed by atoms with Crippen molar-refractivity contribution in [2.75, 3.05) is 6.54 Å². The third-order valence-corrected chi connectivity index (χ3v) is 4.87. The standard InChI is InChI=1S/C17H28N4O2/c1-3-12-13(4-2)20-21-17(23)15(12)16(22)19-14(10-18)11-8-6-5-7-9-11/h11,14H,3-10,18H2,1-2H3,(H,19,22)(H,21,23). The number of carbonyl (C=O) groups is 1. The fourth-order valence-corrected chi connectivity index (χ4v) is 3.58. The normalized spacial score (nSPS) is 17.0. The van der Waals surface area contributed by atoms with Gasteiger partial charge in [-0.1, -0.05) is 33.1 Å². The van der Waals surface area contributed by atoms with Crippen LogP contribution >= 0.6 is 0 Å². The summed E-state index contributed by atoms with van der Waals surface area (Å²) in [4.78, 5) is 24.9. The Bertz CT molecular complexity index is 591. The van der Waals surface area contributed by atoms with Crippen LogP contribution in [0.15, 0.2) is 4.79 Å². The molecule has 1 aliphatic rings. The summed E-state index contributed by atoms with van der Waals surface area (Å²) in [5.74, 6) is 0.0931. The molecule has 0 bridgehead atoms. The van der Waals surface area contributed by atoms with Gasteiger partial charge in [0.15, 0.2) is 0 Å². The summed E-state index contributed by atoms with van der Waals surface area (Å²) in [7, 11) is 0. The summed E-state index contributed by atoms with van der Waals surface area (Å²) < 4.78 is 0. The zero-order chi connectivity index (χ0) is 16.8. The number of nitrogens with zero attached hydrogens (tertiary/aromatic N) is 1. The minimum atomic E-state index is -0.420. The average Bonchev–Trinajstić information content (AvgIpc) is 2.59. The van der Waals surface area contributed by atoms with E-state index in [9.17, 15) is 9.59 Å². The van der Waals surface area contributed by atoms with E-state index < -0.39 is 5.56 Å². The Balaban J connectivity index is 2.23. The first-order valence-electron chi connectivity index (χ1n) is 8.73. The van der Waals surface area contributed by atoms with Gasteiger partial charge in [0.05, 0.1) is 5.69 Å². The highest BCUT2D eigenvalue weighted by Crippen LogP contribution is 2.26. The molecule has 4 N–H and O–H groups in total. The zero-order valence-electron chi connectivity index (χ0n) is 14.2. The molecular weight excluding hydrogens is 292 g/mol. The molecule has 1 aromatic rings. The summed E-state index contributed by atoms with van der Waals surface area (Å²) in [5, 5.41) is 9.51. The highest BCUT2D eigenvalue weighted by molar-refractivity contribution is 5.95. The number of H-pyrrole nitrogens is 1. The van der Waals surface area contributed by atoms with Crippen LogP contribution in [0.5, 0.6) is 0 Å². The molecule has 1 aromatic heterocycles. The van der Waals surface area contributed by atoms with Gasteiger partial charge < -0.3 is 11.1 Å². The highest BCUT2D eigenvalue weighted by Gasteiger charge is 2.26. The molecule has 23 heavy (non-hydrogen) atoms. The third kappa shape index (κ3) is 3.99. The van der Waals surface area contributed by atoms with Crippen molar-refractivity contribution < 1.29 is 4.79 Å². The van der Waals surface area contributed by atoms with Gasteiger partial charge in [0.25, 0.3) is 11.5 Å². The molecule has 0 aliphatic heterocycles. The lowest BCUT2D eigenvalue weighted by atomic mass is 9.83. The van der Waals surface area contributed by atoms with Crippen molar-refractivity contribution in [1.29, 1.82) is 0 Å². The molecule has 0 radical (unpaired) electrons. The number of rotatable bonds is 6. The second-order valence-electron chi connectivity index (χ2n) is 6.27. The van der Waals surface area contributed by atoms with E-state index in [0.717, 1.165) is 24.1 Å². The lowest BCUT2D eigenvalue weighted by Gasteiger charge is -2.30. The quantitative estimate of drug-likeness (QED) is 0.740. The van der Waals surface area contributed by atoms with Gasteiger partial charge in [-0.2, -0.15) is 5.10 Å². The Morgan fingerprint density at radius 1 is 1.30 bits per heavy atom. The van der Waals surface area contributed by atoms with E-state index in [0.29, 0.717) is 25.3 Å². The van der Waals surface area contributed by atoms with E-state index in [1.165, 1.54) is 19.3 Å². The molecule has 1 saturated carbocycles. The minimum Gasteiger partial charge on any atom is -0.348 e. The fraction of sp³-hybridized carbons (Fsp3) is 0.706. The van der Waals surface area contributed by atoms with Crippen molar-refractivity contribution >= 4 is 5.91 Å². The number of hydrogen-bond acceptors (Lipinski definition) is 4. The van der Waals surface area contributed by atoms with Gasteiger partial charge in [-0.3, -0.25) is 9.59 Å². The first-order valence-corrected chi connectivity index (χ1v) is 8.73. The summed E-state index contributed by atoms with van der Waals surface area (Å²) in [6.07, 6.45) is 7.11. The van der Waals surface area contributed by atoms with Gasteiger partial charge in [0.1, 0.15) is 5.56 Å². The molecular formula is C17H28N4O2. The van der Waals surface area contributed by atoms with Gasteiger partial charge in [0, 0.05) is 12.6 Å². The lowest BCUT2D eigenvalue weighted by Crippen LogP contribution is -2.47. The average molecular weight is 320 g/mol. The Hall–Kier alpha value is -1.69. The first-order chi connectivity index (χ1) is 11.1. The molecule has 6 heteroatoms. The van der Waals surface area contributed by atoms with Gasteiger partial charge in [-0.25, -0.2) is 5.10 Å². The number of hydrogen-bond donors (Lipinski definition) is 3. The molecule has 0 aromatic carbocycles. The van der Waals surface area contributed by atoms with Crippen molar-refractivity contribution in [2.24, 2.45) is 11.7 Å². The summed E-state index contributed by atoms with van der Waals surface area (Å²) in [6, 6.07) is -0.0647. The van der Waals surface area contributed by atoms with E-state index in [-0.39, 0.29) is 17.5 Å². The SMILES string of the molecule is CCc1n[nH]c(=O)c(C(=O)NC(CN)C2CCCCC2)c1CC. The maximum Gasteiger partial charge on any atom is 0.277 e. The van der Waals surface area contributed by atoms with Crippen LogP contribution in [0.2, 0.25) is 0 Å². The number of amides is 1. The monoisotopic (exact) mass is 320 g/mol. The van der Waals surface area contributed by atoms with E-state index in [1.807, 2.05) is 13.8 Å². The van der Waals surface area contributed by atoms with Crippen molar-refractivity contribution in [2.45, 2.75) is 64.8 Å². The first kappa shape index (κ1) is 17.7. The maximum atomic E-state index is 12.7. The van der Waals surface area contributed by atoms with Gasteiger partial charge >= 0.3 is 0 Å². The Labute approximate surface area is 137 Å². The molecule has 0 spiro atoms. The molecule has 0 saturated heterocycles. The predicted molar refractivity (Wildman–Crippen MR) is 90.5 cm³/mol. The van der Waals surface area contributed by atoms with Crippen molar-refractivity contribution in [1.82, 2.24) is 15.5 Å². The lowest BCUT2D eigenvalue weighted by molar-refractivity contribution is 0.0912. The summed E-state index contributed by atoms with van der Waals surface area (Å²) in [6.45, 7) is 4.31. The molecule has 1 amide bonds. The Morgan fingerprint density at radius 3 is 2.57 bits per heavy atom.